The SMILES string of the molecule is CC(C)C(C)(Cl)C(C)O. The fourth-order valence-electron chi connectivity index (χ4n) is 0.482. The normalized spacial score (nSPS) is 21.7. The molecule has 0 saturated heterocycles. The van der Waals surface area contributed by atoms with Gasteiger partial charge in [-0.25, -0.2) is 0 Å². The Kier molecular flexibility index (Phi) is 2.97. The minimum absolute atomic E-state index is 0.305. The molecule has 0 amide bonds. The lowest BCUT2D eigenvalue weighted by Crippen LogP contribution is -2.36. The van der Waals surface area contributed by atoms with Crippen LogP contribution in [0.3, 0.4) is 0 Å². The summed E-state index contributed by atoms with van der Waals surface area (Å²) < 4.78 is 0. The molecule has 0 radical (unpaired) electrons. The van der Waals surface area contributed by atoms with E-state index < -0.39 is 11.0 Å². The maximum Gasteiger partial charge on any atom is 0.0703 e. The van der Waals surface area contributed by atoms with Crippen molar-refractivity contribution in [3.05, 3.63) is 0 Å². The van der Waals surface area contributed by atoms with E-state index in [1.807, 2.05) is 20.8 Å². The first-order chi connectivity index (χ1) is 3.89. The van der Waals surface area contributed by atoms with Gasteiger partial charge in [0.15, 0.2) is 0 Å². The fourth-order valence-corrected chi connectivity index (χ4v) is 0.482. The summed E-state index contributed by atoms with van der Waals surface area (Å²) in [5.74, 6) is 0.305. The van der Waals surface area contributed by atoms with Crippen LogP contribution >= 0.6 is 11.6 Å². The van der Waals surface area contributed by atoms with E-state index in [9.17, 15) is 0 Å². The van der Waals surface area contributed by atoms with Crippen molar-refractivity contribution in [2.45, 2.75) is 38.7 Å². The highest BCUT2D eigenvalue weighted by atomic mass is 35.5. The molecule has 0 aromatic carbocycles. The Balaban J connectivity index is 4.01. The number of halogens is 1. The lowest BCUT2D eigenvalue weighted by atomic mass is 9.92. The quantitative estimate of drug-likeness (QED) is 0.598. The summed E-state index contributed by atoms with van der Waals surface area (Å²) in [7, 11) is 0. The lowest BCUT2D eigenvalue weighted by molar-refractivity contribution is 0.126. The van der Waals surface area contributed by atoms with Crippen LogP contribution in [0, 0.1) is 5.92 Å². The molecule has 0 rings (SSSR count). The van der Waals surface area contributed by atoms with E-state index in [2.05, 4.69) is 0 Å². The number of hydrogen-bond acceptors (Lipinski definition) is 1. The number of alkyl halides is 1. The van der Waals surface area contributed by atoms with Gasteiger partial charge in [-0.2, -0.15) is 0 Å². The van der Waals surface area contributed by atoms with Crippen molar-refractivity contribution in [3.8, 4) is 0 Å². The highest BCUT2D eigenvalue weighted by Gasteiger charge is 2.30. The molecule has 1 N–H and O–H groups in total. The summed E-state index contributed by atoms with van der Waals surface area (Å²) in [5, 5.41) is 9.12. The first kappa shape index (κ1) is 9.25. The van der Waals surface area contributed by atoms with Crippen LogP contribution in [0.5, 0.6) is 0 Å². The van der Waals surface area contributed by atoms with Crippen molar-refractivity contribution in [3.63, 3.8) is 0 Å². The average molecular weight is 151 g/mol. The van der Waals surface area contributed by atoms with Crippen molar-refractivity contribution < 1.29 is 5.11 Å². The van der Waals surface area contributed by atoms with Crippen molar-refractivity contribution in [2.75, 3.05) is 0 Å². The molecule has 9 heavy (non-hydrogen) atoms. The van der Waals surface area contributed by atoms with E-state index in [-0.39, 0.29) is 0 Å². The summed E-state index contributed by atoms with van der Waals surface area (Å²) >= 11 is 5.96. The van der Waals surface area contributed by atoms with E-state index in [0.29, 0.717) is 5.92 Å². The standard InChI is InChI=1S/C7H15ClO/c1-5(2)7(4,8)6(3)9/h5-6,9H,1-4H3. The maximum absolute atomic E-state index is 9.12. The van der Waals surface area contributed by atoms with Crippen LogP contribution in [0.2, 0.25) is 0 Å². The maximum atomic E-state index is 9.12. The molecule has 0 aromatic rings. The van der Waals surface area contributed by atoms with Gasteiger partial charge in [0.1, 0.15) is 0 Å². The summed E-state index contributed by atoms with van der Waals surface area (Å²) in [6.45, 7) is 7.57. The molecule has 0 bridgehead atoms. The summed E-state index contributed by atoms with van der Waals surface area (Å²) in [6.07, 6.45) is -0.445. The molecule has 0 aromatic heterocycles. The monoisotopic (exact) mass is 150 g/mol. The topological polar surface area (TPSA) is 20.2 Å². The van der Waals surface area contributed by atoms with Crippen LogP contribution < -0.4 is 0 Å². The Morgan fingerprint density at radius 2 is 1.67 bits per heavy atom. The molecule has 56 valence electrons. The van der Waals surface area contributed by atoms with Gasteiger partial charge in [-0.3, -0.25) is 0 Å². The fraction of sp³-hybridized carbons (Fsp3) is 1.00. The zero-order valence-electron chi connectivity index (χ0n) is 6.48. The van der Waals surface area contributed by atoms with Crippen LogP contribution in [0.1, 0.15) is 27.7 Å². The van der Waals surface area contributed by atoms with Crippen molar-refractivity contribution >= 4 is 11.6 Å². The molecule has 2 atom stereocenters. The number of aliphatic hydroxyl groups is 1. The summed E-state index contributed by atoms with van der Waals surface area (Å²) in [4.78, 5) is -0.472. The highest BCUT2D eigenvalue weighted by molar-refractivity contribution is 6.24. The molecule has 0 aliphatic rings. The summed E-state index contributed by atoms with van der Waals surface area (Å²) in [5.41, 5.74) is 0. The van der Waals surface area contributed by atoms with Gasteiger partial charge in [0, 0.05) is 0 Å². The van der Waals surface area contributed by atoms with Crippen LogP contribution in [0.25, 0.3) is 0 Å². The van der Waals surface area contributed by atoms with Crippen LogP contribution in [-0.2, 0) is 0 Å². The molecule has 2 heteroatoms. The van der Waals surface area contributed by atoms with E-state index in [1.165, 1.54) is 0 Å². The van der Waals surface area contributed by atoms with Crippen LogP contribution in [0.15, 0.2) is 0 Å². The smallest absolute Gasteiger partial charge is 0.0703 e. The minimum atomic E-state index is -0.472. The second-order valence-electron chi connectivity index (χ2n) is 2.98. The summed E-state index contributed by atoms with van der Waals surface area (Å²) in [6, 6.07) is 0. The second kappa shape index (κ2) is 2.89. The molecule has 0 aliphatic carbocycles. The van der Waals surface area contributed by atoms with Crippen LogP contribution in [0.4, 0.5) is 0 Å². The molecule has 0 fully saturated rings. The Morgan fingerprint density at radius 1 is 1.33 bits per heavy atom. The largest absolute Gasteiger partial charge is 0.392 e. The number of hydrogen-bond donors (Lipinski definition) is 1. The van der Waals surface area contributed by atoms with Gasteiger partial charge in [0.25, 0.3) is 0 Å². The Hall–Kier alpha value is 0.250. The zero-order valence-corrected chi connectivity index (χ0v) is 7.24. The lowest BCUT2D eigenvalue weighted by Gasteiger charge is -2.29. The second-order valence-corrected chi connectivity index (χ2v) is 3.80. The third-order valence-corrected chi connectivity index (χ3v) is 2.70. The van der Waals surface area contributed by atoms with Crippen molar-refractivity contribution in [2.24, 2.45) is 5.92 Å². The third-order valence-electron chi connectivity index (χ3n) is 1.95. The molecule has 1 nitrogen and oxygen atoms in total. The van der Waals surface area contributed by atoms with E-state index in [0.717, 1.165) is 0 Å². The van der Waals surface area contributed by atoms with Gasteiger partial charge in [-0.1, -0.05) is 13.8 Å². The average Bonchev–Trinajstić information content (AvgIpc) is 1.65. The Bertz CT molecular complexity index is 76.9. The molecule has 0 heterocycles. The first-order valence-corrected chi connectivity index (χ1v) is 3.63. The molecule has 0 spiro atoms. The Morgan fingerprint density at radius 3 is 1.67 bits per heavy atom. The van der Waals surface area contributed by atoms with E-state index in [1.54, 1.807) is 6.92 Å². The molecule has 0 aliphatic heterocycles. The highest BCUT2D eigenvalue weighted by Crippen LogP contribution is 2.27. The first-order valence-electron chi connectivity index (χ1n) is 3.26. The van der Waals surface area contributed by atoms with Gasteiger partial charge in [0.2, 0.25) is 0 Å². The predicted molar refractivity (Wildman–Crippen MR) is 40.8 cm³/mol. The van der Waals surface area contributed by atoms with E-state index in [4.69, 9.17) is 16.7 Å². The van der Waals surface area contributed by atoms with Crippen molar-refractivity contribution in [1.29, 1.82) is 0 Å². The molecule has 0 saturated carbocycles. The van der Waals surface area contributed by atoms with Gasteiger partial charge < -0.3 is 5.11 Å². The van der Waals surface area contributed by atoms with Gasteiger partial charge in [-0.05, 0) is 19.8 Å². The molecular weight excluding hydrogens is 136 g/mol. The zero-order chi connectivity index (χ0) is 7.65. The number of rotatable bonds is 2. The Labute approximate surface area is 62.0 Å². The van der Waals surface area contributed by atoms with Gasteiger partial charge in [0.05, 0.1) is 11.0 Å². The number of aliphatic hydroxyl groups excluding tert-OH is 1. The van der Waals surface area contributed by atoms with Crippen LogP contribution in [-0.4, -0.2) is 16.1 Å². The van der Waals surface area contributed by atoms with Gasteiger partial charge >= 0.3 is 0 Å². The third kappa shape index (κ3) is 2.15. The minimum Gasteiger partial charge on any atom is -0.392 e. The van der Waals surface area contributed by atoms with Gasteiger partial charge in [-0.15, -0.1) is 11.6 Å². The predicted octanol–water partition coefficient (Wildman–Crippen LogP) is 2.02. The molecule has 2 unspecified atom stereocenters. The molecular formula is C7H15ClO. The van der Waals surface area contributed by atoms with E-state index >= 15 is 0 Å². The van der Waals surface area contributed by atoms with Crippen molar-refractivity contribution in [1.82, 2.24) is 0 Å².